The number of alkyl halides is 5. The van der Waals surface area contributed by atoms with Crippen LogP contribution in [0.1, 0.15) is 63.0 Å². The van der Waals surface area contributed by atoms with Crippen LogP contribution in [-0.2, 0) is 14.9 Å². The van der Waals surface area contributed by atoms with E-state index in [4.69, 9.17) is 16.3 Å². The second kappa shape index (κ2) is 20.9. The van der Waals surface area contributed by atoms with Gasteiger partial charge in [0.2, 0.25) is 5.91 Å². The second-order valence-electron chi connectivity index (χ2n) is 13.5. The number of carbonyl (C=O) groups excluding carboxylic acids is 1. The number of amides is 1. The average molecular weight is 972 g/mol. The molecule has 290 valence electrons. The summed E-state index contributed by atoms with van der Waals surface area (Å²) in [6.07, 6.45) is 15.8. The summed E-state index contributed by atoms with van der Waals surface area (Å²) in [5, 5.41) is 27.1. The third-order valence-electron chi connectivity index (χ3n) is 9.74. The minimum absolute atomic E-state index is 0.0346. The number of benzene rings is 1. The maximum atomic E-state index is 14.0. The smallest absolute Gasteiger partial charge is 0.349 e. The maximum absolute atomic E-state index is 14.0. The molecule has 0 spiro atoms. The van der Waals surface area contributed by atoms with Gasteiger partial charge in [0.1, 0.15) is 0 Å². The molecule has 1 aliphatic heterocycles. The number of nitrogens with one attached hydrogen (secondary N) is 3. The Bertz CT molecular complexity index is 1510. The van der Waals surface area contributed by atoms with Gasteiger partial charge in [-0.15, -0.1) is 0 Å². The molecule has 9 nitrogen and oxygen atoms in total. The number of halogens is 5. The molecule has 4 rings (SSSR count). The Morgan fingerprint density at radius 1 is 1.27 bits per heavy atom. The first-order valence-corrected chi connectivity index (χ1v) is 25.7. The monoisotopic (exact) mass is 971 g/mol. The zero-order chi connectivity index (χ0) is 37.7. The third kappa shape index (κ3) is 11.7. The van der Waals surface area contributed by atoms with Gasteiger partial charge in [0.05, 0.1) is 12.0 Å². The van der Waals surface area contributed by atoms with Gasteiger partial charge in [-0.3, -0.25) is 4.79 Å². The van der Waals surface area contributed by atoms with Gasteiger partial charge in [0.15, 0.2) is 0 Å². The van der Waals surface area contributed by atoms with Crippen LogP contribution in [0.15, 0.2) is 76.6 Å². The Morgan fingerprint density at radius 2 is 2.02 bits per heavy atom. The number of aliphatic imine (C=N–C) groups is 1. The number of ether oxygens (including phenoxy) is 1. The first-order chi connectivity index (χ1) is 24.9. The number of aliphatic hydroxyl groups excluding tert-OH is 1. The first kappa shape index (κ1) is 43.1. The minimum Gasteiger partial charge on any atom is -0.349 e. The molecule has 0 radical (unpaired) electrons. The van der Waals surface area contributed by atoms with Gasteiger partial charge in [-0.1, -0.05) is 55.0 Å². The predicted octanol–water partition coefficient (Wildman–Crippen LogP) is 6.95. The second-order valence-corrected chi connectivity index (χ2v) is 20.9. The number of fused-ring (bicyclic) bond motifs is 3. The van der Waals surface area contributed by atoms with Crippen LogP contribution in [0.3, 0.4) is 0 Å². The molecule has 52 heavy (non-hydrogen) atoms. The normalized spacial score (nSPS) is 23.9. The minimum atomic E-state index is -3.00. The fourth-order valence-electron chi connectivity index (χ4n) is 7.19. The fourth-order valence-corrected chi connectivity index (χ4v) is 10.3. The van der Waals surface area contributed by atoms with Crippen LogP contribution in [0, 0.1) is 5.92 Å². The molecule has 6 unspecified atom stereocenters. The molecule has 1 aromatic rings. The molecule has 0 aromatic heterocycles. The number of allylic oxidation sites excluding steroid dienone is 5. The molecule has 0 fully saturated rings. The molecule has 6 atom stereocenters. The Kier molecular flexibility index (Phi) is 17.3. The first-order valence-electron chi connectivity index (χ1n) is 17.7. The van der Waals surface area contributed by atoms with Crippen molar-refractivity contribution in [1.29, 1.82) is 0 Å². The molecule has 0 saturated carbocycles. The van der Waals surface area contributed by atoms with Gasteiger partial charge in [-0.2, -0.15) is 0 Å². The van der Waals surface area contributed by atoms with Crippen LogP contribution in [0.4, 0.5) is 8.78 Å². The molecule has 3 aliphatic rings. The van der Waals surface area contributed by atoms with Crippen molar-refractivity contribution >= 4 is 69.1 Å². The Labute approximate surface area is 329 Å². The number of hydrogen-bond donors (Lipinski definition) is 5. The summed E-state index contributed by atoms with van der Waals surface area (Å²) in [4.78, 5) is 22.5. The molecule has 0 saturated heterocycles. The van der Waals surface area contributed by atoms with Gasteiger partial charge >= 0.3 is 198 Å². The van der Waals surface area contributed by atoms with Crippen LogP contribution >= 0.6 is 52.4 Å². The van der Waals surface area contributed by atoms with Gasteiger partial charge in [-0.25, -0.2) is 8.78 Å². The van der Waals surface area contributed by atoms with E-state index in [2.05, 4.69) is 53.9 Å². The molecule has 2 aliphatic carbocycles. The Balaban J connectivity index is 1.32. The van der Waals surface area contributed by atoms with Crippen molar-refractivity contribution in [3.05, 3.63) is 82.8 Å². The van der Waals surface area contributed by atoms with Gasteiger partial charge in [0, 0.05) is 18.8 Å². The molecule has 14 heteroatoms. The molecule has 1 amide bonds. The van der Waals surface area contributed by atoms with Gasteiger partial charge in [-0.05, 0) is 17.5 Å². The summed E-state index contributed by atoms with van der Waals surface area (Å²) < 4.78 is 41.1. The van der Waals surface area contributed by atoms with Gasteiger partial charge in [0.25, 0.3) is 5.92 Å². The van der Waals surface area contributed by atoms with E-state index in [1.165, 1.54) is 0 Å². The van der Waals surface area contributed by atoms with Crippen molar-refractivity contribution in [2.75, 3.05) is 42.1 Å². The quantitative estimate of drug-likeness (QED) is 0.0163. The molecule has 1 aromatic carbocycles. The summed E-state index contributed by atoms with van der Waals surface area (Å²) in [7, 11) is 0. The van der Waals surface area contributed by atoms with Gasteiger partial charge < -0.3 is 5.32 Å². The molecular formula is C38H54ClF2I2N5O4. The van der Waals surface area contributed by atoms with E-state index in [-0.39, 0.29) is 27.8 Å². The standard InChI is InChI=1S/C38H54ClF2I2N5O4/c1-5-48(22-12-20-45-35(49)34(42-3)33(17-19-43(4)47-51)52-28-23-27(39)24-44-25-28)21-11-10-18-38(36(50)46-26-37(2,40)41)31-15-8-6-13-29(31)30-14-7-9-16-32(30)38/h6-9,13-17,24-25,28-29,31,34-35,45,47,49,51H,3,5,10-12,18-23,26H2,1-2,4H3,(H,46,50)/b33-17+. The van der Waals surface area contributed by atoms with Crippen molar-refractivity contribution in [3.63, 3.8) is 0 Å². The van der Waals surface area contributed by atoms with Crippen LogP contribution in [-0.4, -0.2) is 96.1 Å². The molecular weight excluding hydrogens is 918 g/mol. The average Bonchev–Trinajstić information content (AvgIpc) is 3.42. The van der Waals surface area contributed by atoms with Crippen molar-refractivity contribution in [2.24, 2.45) is 10.9 Å². The Hall–Kier alpha value is -1.60. The van der Waals surface area contributed by atoms with E-state index in [1.807, 2.05) is 41.4 Å². The van der Waals surface area contributed by atoms with Crippen LogP contribution in [0.2, 0.25) is 0 Å². The number of hydrogen-bond acceptors (Lipinski definition) is 8. The van der Waals surface area contributed by atoms with Crippen LogP contribution in [0.5, 0.6) is 0 Å². The summed E-state index contributed by atoms with van der Waals surface area (Å²) in [6, 6.07) is 7.97. The summed E-state index contributed by atoms with van der Waals surface area (Å²) in [6.45, 7) is 5.38. The fraction of sp³-hybridized carbons (Fsp3) is 0.553. The van der Waals surface area contributed by atoms with E-state index in [0.29, 0.717) is 34.6 Å². The number of aliphatic hydroxyl groups is 1. The van der Waals surface area contributed by atoms with E-state index >= 15 is 0 Å². The van der Waals surface area contributed by atoms with Crippen LogP contribution < -0.4 is 14.3 Å². The Morgan fingerprint density at radius 3 is 2.73 bits per heavy atom. The zero-order valence-corrected chi connectivity index (χ0v) is 35.3. The van der Waals surface area contributed by atoms with Crippen LogP contribution in [0.25, 0.3) is 0 Å². The van der Waals surface area contributed by atoms with E-state index in [9.17, 15) is 23.9 Å². The number of unbranched alkanes of at least 4 members (excludes halogenated alkanes) is 1. The topological polar surface area (TPSA) is 118 Å². The summed E-state index contributed by atoms with van der Waals surface area (Å²) in [5.74, 6) is -2.76. The van der Waals surface area contributed by atoms with E-state index < -0.39 is 64.9 Å². The molecule has 5 N–H and O–H groups in total. The number of rotatable bonds is 22. The summed E-state index contributed by atoms with van der Waals surface area (Å²) in [5.41, 5.74) is 1.12. The predicted molar refractivity (Wildman–Crippen MR) is 226 cm³/mol. The zero-order valence-electron chi connectivity index (χ0n) is 30.2. The molecule has 0 bridgehead atoms. The van der Waals surface area contributed by atoms with E-state index in [1.54, 1.807) is 12.4 Å². The third-order valence-corrected chi connectivity index (χ3v) is 14.8. The van der Waals surface area contributed by atoms with Crippen molar-refractivity contribution in [1.82, 2.24) is 19.2 Å². The van der Waals surface area contributed by atoms with Crippen molar-refractivity contribution in [2.45, 2.75) is 79.5 Å². The SMILES string of the molecule is C=IC(/C(=C\CI(C)NO)OC1C=NC=C(Cl)C1)C(O)NCCCN(CC)CCCCC1(C(=O)NCC(C)(F)F)c2ccccc2C2C=CC=CC21. The number of carbonyl (C=O) groups is 1. The van der Waals surface area contributed by atoms with E-state index in [0.717, 1.165) is 56.9 Å². The van der Waals surface area contributed by atoms with Crippen molar-refractivity contribution in [3.8, 4) is 0 Å². The molecule has 1 heterocycles. The number of nitrogens with zero attached hydrogens (tertiary/aromatic N) is 2. The van der Waals surface area contributed by atoms with Crippen molar-refractivity contribution < 1.29 is 28.6 Å². The summed E-state index contributed by atoms with van der Waals surface area (Å²) >= 11 is 3.73.